The number of nitroso groups, excluding NO2 is 1. The summed E-state index contributed by atoms with van der Waals surface area (Å²) in [5.74, 6) is 0.233. The minimum Gasteiger partial charge on any atom is -0.376 e. The number of aromatic nitrogens is 2. The van der Waals surface area contributed by atoms with Crippen LogP contribution in [0, 0.1) is 4.91 Å². The fourth-order valence-corrected chi connectivity index (χ4v) is 1.49. The van der Waals surface area contributed by atoms with Gasteiger partial charge in [-0.25, -0.2) is 9.79 Å². The Morgan fingerprint density at radius 3 is 2.50 bits per heavy atom. The van der Waals surface area contributed by atoms with Crippen LogP contribution in [0.25, 0.3) is 0 Å². The summed E-state index contributed by atoms with van der Waals surface area (Å²) in [7, 11) is 2.90. The molecule has 1 heterocycles. The van der Waals surface area contributed by atoms with Gasteiger partial charge in [0.05, 0.1) is 6.54 Å². The number of aliphatic imine (C=N–C) groups is 1. The first-order chi connectivity index (χ1) is 8.54. The average molecular weight is 253 g/mol. The number of hydrogen-bond donors (Lipinski definition) is 1. The van der Waals surface area contributed by atoms with Crippen molar-refractivity contribution in [1.29, 1.82) is 0 Å². The molecule has 0 spiro atoms. The maximum Gasteiger partial charge on any atom is 0.332 e. The van der Waals surface area contributed by atoms with Gasteiger partial charge >= 0.3 is 5.69 Å². The van der Waals surface area contributed by atoms with Gasteiger partial charge in [-0.3, -0.25) is 13.9 Å². The lowest BCUT2D eigenvalue weighted by Crippen LogP contribution is -2.38. The van der Waals surface area contributed by atoms with Gasteiger partial charge in [0.15, 0.2) is 5.82 Å². The highest BCUT2D eigenvalue weighted by molar-refractivity contribution is 5.67. The third kappa shape index (κ3) is 2.53. The highest BCUT2D eigenvalue weighted by Crippen LogP contribution is 2.17. The number of nitrogens with zero attached hydrogens (tertiary/aromatic N) is 4. The lowest BCUT2D eigenvalue weighted by molar-refractivity contribution is 0.690. The van der Waals surface area contributed by atoms with Crippen LogP contribution in [-0.2, 0) is 14.1 Å². The molecule has 0 aliphatic carbocycles. The van der Waals surface area contributed by atoms with Crippen molar-refractivity contribution in [3.63, 3.8) is 0 Å². The standard InChI is InChI=1S/C10H15N5O3/c1-4-11-8-7(12-5-6-13-18)9(16)15(3)10(17)14(8)2/h4,12H,5-6H2,1-3H3. The molecule has 0 unspecified atom stereocenters. The highest BCUT2D eigenvalue weighted by atomic mass is 16.3. The largest absolute Gasteiger partial charge is 0.376 e. The molecule has 1 rings (SSSR count). The van der Waals surface area contributed by atoms with Crippen LogP contribution in [0.3, 0.4) is 0 Å². The molecule has 0 bridgehead atoms. The van der Waals surface area contributed by atoms with Gasteiger partial charge in [-0.2, -0.15) is 4.91 Å². The van der Waals surface area contributed by atoms with Gasteiger partial charge in [-0.1, -0.05) is 5.18 Å². The van der Waals surface area contributed by atoms with E-state index in [4.69, 9.17) is 0 Å². The molecule has 0 radical (unpaired) electrons. The van der Waals surface area contributed by atoms with E-state index >= 15 is 0 Å². The van der Waals surface area contributed by atoms with Crippen molar-refractivity contribution < 1.29 is 0 Å². The molecule has 0 aliphatic heterocycles. The van der Waals surface area contributed by atoms with Crippen LogP contribution in [0.4, 0.5) is 11.5 Å². The molecule has 0 aliphatic rings. The third-order valence-corrected chi connectivity index (χ3v) is 2.39. The molecule has 0 atom stereocenters. The minimum absolute atomic E-state index is 0.0290. The van der Waals surface area contributed by atoms with Gasteiger partial charge in [0, 0.05) is 26.9 Å². The van der Waals surface area contributed by atoms with Gasteiger partial charge in [0.25, 0.3) is 5.56 Å². The summed E-state index contributed by atoms with van der Waals surface area (Å²) >= 11 is 0. The minimum atomic E-state index is -0.482. The fraction of sp³-hybridized carbons (Fsp3) is 0.500. The summed E-state index contributed by atoms with van der Waals surface area (Å²) in [6.45, 7) is 1.92. The Hall–Kier alpha value is -2.25. The Labute approximate surface area is 103 Å². The van der Waals surface area contributed by atoms with E-state index < -0.39 is 11.2 Å². The van der Waals surface area contributed by atoms with Gasteiger partial charge in [0.2, 0.25) is 0 Å². The molecule has 18 heavy (non-hydrogen) atoms. The smallest absolute Gasteiger partial charge is 0.332 e. The molecule has 0 saturated carbocycles. The molecule has 0 aromatic carbocycles. The van der Waals surface area contributed by atoms with Crippen molar-refractivity contribution in [3.8, 4) is 0 Å². The second kappa shape index (κ2) is 5.89. The average Bonchev–Trinajstić information content (AvgIpc) is 2.37. The molecule has 0 amide bonds. The highest BCUT2D eigenvalue weighted by Gasteiger charge is 2.14. The molecular weight excluding hydrogens is 238 g/mol. The Morgan fingerprint density at radius 2 is 1.94 bits per heavy atom. The van der Waals surface area contributed by atoms with E-state index in [2.05, 4.69) is 15.5 Å². The zero-order valence-corrected chi connectivity index (χ0v) is 10.5. The van der Waals surface area contributed by atoms with E-state index in [-0.39, 0.29) is 24.6 Å². The van der Waals surface area contributed by atoms with Crippen molar-refractivity contribution in [2.75, 3.05) is 18.4 Å². The predicted molar refractivity (Wildman–Crippen MR) is 69.9 cm³/mol. The first kappa shape index (κ1) is 13.8. The van der Waals surface area contributed by atoms with E-state index in [1.165, 1.54) is 24.9 Å². The van der Waals surface area contributed by atoms with E-state index in [0.29, 0.717) is 0 Å². The lowest BCUT2D eigenvalue weighted by Gasteiger charge is -2.12. The Bertz CT molecular complexity index is 584. The molecule has 1 aromatic heterocycles. The van der Waals surface area contributed by atoms with Crippen molar-refractivity contribution in [2.24, 2.45) is 24.3 Å². The molecule has 0 fully saturated rings. The van der Waals surface area contributed by atoms with E-state index in [0.717, 1.165) is 4.57 Å². The molecule has 1 N–H and O–H groups in total. The predicted octanol–water partition coefficient (Wildman–Crippen LogP) is -0.0155. The summed E-state index contributed by atoms with van der Waals surface area (Å²) in [4.78, 5) is 37.7. The van der Waals surface area contributed by atoms with Crippen LogP contribution >= 0.6 is 0 Å². The molecule has 8 heteroatoms. The Morgan fingerprint density at radius 1 is 1.28 bits per heavy atom. The van der Waals surface area contributed by atoms with Crippen LogP contribution in [0.1, 0.15) is 6.92 Å². The maximum absolute atomic E-state index is 11.9. The zero-order valence-electron chi connectivity index (χ0n) is 10.5. The molecule has 98 valence electrons. The topological polar surface area (TPSA) is 97.8 Å². The van der Waals surface area contributed by atoms with Gasteiger partial charge < -0.3 is 5.32 Å². The van der Waals surface area contributed by atoms with Crippen molar-refractivity contribution in [3.05, 3.63) is 25.7 Å². The first-order valence-corrected chi connectivity index (χ1v) is 5.36. The van der Waals surface area contributed by atoms with Crippen molar-refractivity contribution in [1.82, 2.24) is 9.13 Å². The molecular formula is C10H15N5O3. The normalized spacial score (nSPS) is 10.8. The molecule has 8 nitrogen and oxygen atoms in total. The van der Waals surface area contributed by atoms with E-state index in [1.807, 2.05) is 0 Å². The van der Waals surface area contributed by atoms with E-state index in [9.17, 15) is 14.5 Å². The zero-order chi connectivity index (χ0) is 13.7. The van der Waals surface area contributed by atoms with Crippen molar-refractivity contribution in [2.45, 2.75) is 6.92 Å². The fourth-order valence-electron chi connectivity index (χ4n) is 1.49. The number of anilines is 1. The van der Waals surface area contributed by atoms with Crippen LogP contribution in [0.5, 0.6) is 0 Å². The van der Waals surface area contributed by atoms with Crippen LogP contribution in [0.15, 0.2) is 19.8 Å². The lowest BCUT2D eigenvalue weighted by atomic mass is 10.4. The quantitative estimate of drug-likeness (QED) is 0.453. The molecule has 0 saturated heterocycles. The SMILES string of the molecule is CC=Nc1c(NCCN=O)c(=O)n(C)c(=O)n1C. The second-order valence-corrected chi connectivity index (χ2v) is 3.57. The first-order valence-electron chi connectivity index (χ1n) is 5.36. The number of hydrogen-bond acceptors (Lipinski definition) is 6. The van der Waals surface area contributed by atoms with Gasteiger partial charge in [-0.15, -0.1) is 0 Å². The third-order valence-electron chi connectivity index (χ3n) is 2.39. The van der Waals surface area contributed by atoms with Crippen LogP contribution in [0.2, 0.25) is 0 Å². The number of nitrogens with one attached hydrogen (secondary N) is 1. The van der Waals surface area contributed by atoms with Crippen LogP contribution in [-0.4, -0.2) is 28.4 Å². The van der Waals surface area contributed by atoms with Crippen molar-refractivity contribution >= 4 is 17.7 Å². The summed E-state index contributed by atoms with van der Waals surface area (Å²) in [6.07, 6.45) is 1.48. The van der Waals surface area contributed by atoms with Crippen LogP contribution < -0.4 is 16.6 Å². The van der Waals surface area contributed by atoms with E-state index in [1.54, 1.807) is 6.92 Å². The monoisotopic (exact) mass is 253 g/mol. The van der Waals surface area contributed by atoms with Gasteiger partial charge in [-0.05, 0) is 6.92 Å². The number of rotatable bonds is 5. The maximum atomic E-state index is 11.9. The van der Waals surface area contributed by atoms with Gasteiger partial charge in [0.1, 0.15) is 5.69 Å². The second-order valence-electron chi connectivity index (χ2n) is 3.57. The molecule has 1 aromatic rings. The Kier molecular flexibility index (Phi) is 4.52. The summed E-state index contributed by atoms with van der Waals surface area (Å²) in [6, 6.07) is 0. The Balaban J connectivity index is 3.41. The summed E-state index contributed by atoms with van der Waals surface area (Å²) in [5, 5.41) is 5.47. The summed E-state index contributed by atoms with van der Waals surface area (Å²) < 4.78 is 2.24. The summed E-state index contributed by atoms with van der Waals surface area (Å²) in [5.41, 5.74) is -0.759.